The normalized spacial score (nSPS) is 15.7. The first kappa shape index (κ1) is 25.5. The van der Waals surface area contributed by atoms with Crippen molar-refractivity contribution in [2.24, 2.45) is 0 Å². The number of ether oxygens (including phenoxy) is 1. The summed E-state index contributed by atoms with van der Waals surface area (Å²) in [6.07, 6.45) is 1.38. The van der Waals surface area contributed by atoms with E-state index in [1.807, 2.05) is 24.3 Å². The molecule has 0 saturated heterocycles. The molecule has 0 aliphatic carbocycles. The van der Waals surface area contributed by atoms with Crippen LogP contribution in [-0.4, -0.2) is 46.6 Å². The standard InChI is InChI=1S/C21H23ClN2O2.C4H6O4/c1-21(2)20(25)16-11-13(3-6-18(16)26-21)12-24-19-15-8-10-23-9-7-14(15)4-5-17(19)22;5-3(6)1-2-4(7)8/h3-6,11,23-24H,7-10,12H2,1-2H3;1-2H2,(H,5,6)(H,7,8). The number of aliphatic carboxylic acids is 2. The monoisotopic (exact) mass is 488 g/mol. The summed E-state index contributed by atoms with van der Waals surface area (Å²) in [6.45, 7) is 6.18. The van der Waals surface area contributed by atoms with Gasteiger partial charge in [-0.2, -0.15) is 0 Å². The highest BCUT2D eigenvalue weighted by Crippen LogP contribution is 2.36. The smallest absolute Gasteiger partial charge is 0.303 e. The van der Waals surface area contributed by atoms with Gasteiger partial charge in [0.1, 0.15) is 5.75 Å². The van der Waals surface area contributed by atoms with Crippen LogP contribution in [0, 0.1) is 0 Å². The summed E-state index contributed by atoms with van der Waals surface area (Å²) in [5.74, 6) is -1.45. The van der Waals surface area contributed by atoms with E-state index in [1.165, 1.54) is 11.1 Å². The van der Waals surface area contributed by atoms with E-state index in [2.05, 4.69) is 16.7 Å². The van der Waals surface area contributed by atoms with E-state index in [-0.39, 0.29) is 18.6 Å². The number of nitrogens with one attached hydrogen (secondary N) is 2. The average Bonchev–Trinajstić information content (AvgIpc) is 2.92. The number of halogens is 1. The molecule has 0 aromatic heterocycles. The number of carbonyl (C=O) groups is 3. The van der Waals surface area contributed by atoms with Crippen molar-refractivity contribution in [3.8, 4) is 5.75 Å². The Kier molecular flexibility index (Phi) is 8.17. The minimum atomic E-state index is -1.08. The summed E-state index contributed by atoms with van der Waals surface area (Å²) in [5, 5.41) is 23.5. The van der Waals surface area contributed by atoms with Gasteiger partial charge >= 0.3 is 11.9 Å². The number of benzene rings is 2. The number of rotatable bonds is 6. The van der Waals surface area contributed by atoms with Gasteiger partial charge in [0.15, 0.2) is 5.60 Å². The van der Waals surface area contributed by atoms with E-state index < -0.39 is 17.5 Å². The zero-order valence-electron chi connectivity index (χ0n) is 19.2. The van der Waals surface area contributed by atoms with Gasteiger partial charge in [-0.3, -0.25) is 14.4 Å². The second-order valence-electron chi connectivity index (χ2n) is 8.72. The number of anilines is 1. The van der Waals surface area contributed by atoms with Crippen LogP contribution >= 0.6 is 11.6 Å². The number of ketones is 1. The zero-order valence-corrected chi connectivity index (χ0v) is 20.0. The Balaban J connectivity index is 0.000000350. The molecule has 0 unspecified atom stereocenters. The lowest BCUT2D eigenvalue weighted by atomic mass is 9.98. The van der Waals surface area contributed by atoms with Crippen molar-refractivity contribution >= 4 is 35.0 Å². The lowest BCUT2D eigenvalue weighted by Gasteiger charge is -2.16. The maximum absolute atomic E-state index is 12.5. The van der Waals surface area contributed by atoms with E-state index in [9.17, 15) is 14.4 Å². The second kappa shape index (κ2) is 10.9. The summed E-state index contributed by atoms with van der Waals surface area (Å²) in [7, 11) is 0. The number of fused-ring (bicyclic) bond motifs is 2. The van der Waals surface area contributed by atoms with Gasteiger partial charge in [-0.25, -0.2) is 0 Å². The summed E-state index contributed by atoms with van der Waals surface area (Å²) in [5.41, 5.74) is 4.58. The third-order valence-corrected chi connectivity index (χ3v) is 6.02. The fraction of sp³-hybridized carbons (Fsp3) is 0.400. The first-order valence-electron chi connectivity index (χ1n) is 11.1. The van der Waals surface area contributed by atoms with Crippen molar-refractivity contribution in [2.75, 3.05) is 18.4 Å². The highest BCUT2D eigenvalue weighted by atomic mass is 35.5. The van der Waals surface area contributed by atoms with Crippen molar-refractivity contribution in [1.29, 1.82) is 0 Å². The molecule has 4 N–H and O–H groups in total. The van der Waals surface area contributed by atoms with Crippen LogP contribution in [0.25, 0.3) is 0 Å². The molecule has 4 rings (SSSR count). The number of carboxylic acid groups (broad SMARTS) is 2. The molecular weight excluding hydrogens is 460 g/mol. The molecule has 0 fully saturated rings. The Morgan fingerprint density at radius 1 is 1.09 bits per heavy atom. The predicted octanol–water partition coefficient (Wildman–Crippen LogP) is 3.93. The van der Waals surface area contributed by atoms with Gasteiger partial charge in [-0.1, -0.05) is 23.7 Å². The summed E-state index contributed by atoms with van der Waals surface area (Å²) < 4.78 is 5.73. The summed E-state index contributed by atoms with van der Waals surface area (Å²) in [6, 6.07) is 9.91. The molecule has 2 heterocycles. The average molecular weight is 489 g/mol. The first-order chi connectivity index (χ1) is 16.1. The van der Waals surface area contributed by atoms with Crippen LogP contribution in [0.5, 0.6) is 5.75 Å². The van der Waals surface area contributed by atoms with E-state index in [4.69, 9.17) is 26.6 Å². The van der Waals surface area contributed by atoms with Gasteiger partial charge in [0.2, 0.25) is 5.78 Å². The Morgan fingerprint density at radius 2 is 1.76 bits per heavy atom. The highest BCUT2D eigenvalue weighted by Gasteiger charge is 2.39. The highest BCUT2D eigenvalue weighted by molar-refractivity contribution is 6.33. The number of carbonyl (C=O) groups excluding carboxylic acids is 1. The molecule has 0 amide bonds. The second-order valence-corrected chi connectivity index (χ2v) is 9.13. The summed E-state index contributed by atoms with van der Waals surface area (Å²) in [4.78, 5) is 31.7. The lowest BCUT2D eigenvalue weighted by molar-refractivity contribution is -0.143. The molecule has 2 aromatic rings. The van der Waals surface area contributed by atoms with Crippen molar-refractivity contribution in [3.05, 3.63) is 57.6 Å². The molecule has 0 atom stereocenters. The third kappa shape index (κ3) is 6.27. The Labute approximate surface area is 203 Å². The molecular formula is C25H29ClN2O6. The van der Waals surface area contributed by atoms with E-state index >= 15 is 0 Å². The van der Waals surface area contributed by atoms with Gasteiger partial charge in [-0.05, 0) is 74.7 Å². The fourth-order valence-electron chi connectivity index (χ4n) is 3.94. The Morgan fingerprint density at radius 3 is 2.44 bits per heavy atom. The maximum atomic E-state index is 12.5. The van der Waals surface area contributed by atoms with Crippen molar-refractivity contribution in [1.82, 2.24) is 5.32 Å². The van der Waals surface area contributed by atoms with E-state index in [0.29, 0.717) is 17.9 Å². The largest absolute Gasteiger partial charge is 0.481 e. The first-order valence-corrected chi connectivity index (χ1v) is 11.5. The van der Waals surface area contributed by atoms with Gasteiger partial charge < -0.3 is 25.6 Å². The van der Waals surface area contributed by atoms with Crippen molar-refractivity contribution in [2.45, 2.75) is 51.7 Å². The molecule has 0 spiro atoms. The molecule has 9 heteroatoms. The van der Waals surface area contributed by atoms with Crippen LogP contribution in [0.3, 0.4) is 0 Å². The number of hydrogen-bond acceptors (Lipinski definition) is 6. The van der Waals surface area contributed by atoms with Crippen LogP contribution in [0.2, 0.25) is 5.02 Å². The van der Waals surface area contributed by atoms with Crippen LogP contribution < -0.4 is 15.4 Å². The van der Waals surface area contributed by atoms with Crippen molar-refractivity contribution < 1.29 is 29.3 Å². The minimum Gasteiger partial charge on any atom is -0.481 e. The molecule has 0 bridgehead atoms. The molecule has 0 radical (unpaired) electrons. The van der Waals surface area contributed by atoms with Crippen LogP contribution in [-0.2, 0) is 29.0 Å². The maximum Gasteiger partial charge on any atom is 0.303 e. The zero-order chi connectivity index (χ0) is 24.9. The number of hydrogen-bond donors (Lipinski definition) is 4. The molecule has 2 aliphatic heterocycles. The van der Waals surface area contributed by atoms with Crippen LogP contribution in [0.15, 0.2) is 30.3 Å². The topological polar surface area (TPSA) is 125 Å². The third-order valence-electron chi connectivity index (χ3n) is 5.70. The van der Waals surface area contributed by atoms with Crippen LogP contribution in [0.1, 0.15) is 53.7 Å². The van der Waals surface area contributed by atoms with Gasteiger partial charge in [0.25, 0.3) is 0 Å². The molecule has 8 nitrogen and oxygen atoms in total. The number of Topliss-reactive ketones (excluding diaryl/α,β-unsaturated/α-hetero) is 1. The molecule has 2 aromatic carbocycles. The van der Waals surface area contributed by atoms with Crippen LogP contribution in [0.4, 0.5) is 5.69 Å². The summed E-state index contributed by atoms with van der Waals surface area (Å²) >= 11 is 6.48. The molecule has 34 heavy (non-hydrogen) atoms. The fourth-order valence-corrected chi connectivity index (χ4v) is 4.18. The Hall–Kier alpha value is -3.10. The predicted molar refractivity (Wildman–Crippen MR) is 129 cm³/mol. The Bertz CT molecular complexity index is 1090. The molecule has 182 valence electrons. The SMILES string of the molecule is CC1(C)Oc2ccc(CNc3c(Cl)ccc4c3CCNCC4)cc2C1=O.O=C(O)CCC(=O)O. The van der Waals surface area contributed by atoms with Gasteiger partial charge in [0.05, 0.1) is 29.1 Å². The minimum absolute atomic E-state index is 0.0343. The lowest BCUT2D eigenvalue weighted by Crippen LogP contribution is -2.31. The van der Waals surface area contributed by atoms with Gasteiger partial charge in [-0.15, -0.1) is 0 Å². The van der Waals surface area contributed by atoms with Gasteiger partial charge in [0, 0.05) is 6.54 Å². The quantitative estimate of drug-likeness (QED) is 0.482. The van der Waals surface area contributed by atoms with E-state index in [0.717, 1.165) is 42.2 Å². The molecule has 2 aliphatic rings. The number of carboxylic acids is 2. The van der Waals surface area contributed by atoms with Crippen molar-refractivity contribution in [3.63, 3.8) is 0 Å². The molecule has 0 saturated carbocycles. The van der Waals surface area contributed by atoms with E-state index in [1.54, 1.807) is 13.8 Å².